The van der Waals surface area contributed by atoms with E-state index in [9.17, 15) is 0 Å². The lowest BCUT2D eigenvalue weighted by Gasteiger charge is -2.15. The number of nitrogens with one attached hydrogen (secondary N) is 1. The van der Waals surface area contributed by atoms with Crippen molar-refractivity contribution in [2.24, 2.45) is 0 Å². The number of anilines is 1. The summed E-state index contributed by atoms with van der Waals surface area (Å²) in [7, 11) is 0. The molecule has 0 bridgehead atoms. The first-order chi connectivity index (χ1) is 8.29. The summed E-state index contributed by atoms with van der Waals surface area (Å²) in [5, 5.41) is 7.74. The molecule has 90 valence electrons. The average molecular weight is 229 g/mol. The molecule has 0 saturated carbocycles. The van der Waals surface area contributed by atoms with Crippen molar-refractivity contribution < 1.29 is 0 Å². The molecule has 1 atom stereocenters. The van der Waals surface area contributed by atoms with E-state index in [1.807, 2.05) is 16.9 Å². The molecule has 0 aliphatic heterocycles. The van der Waals surface area contributed by atoms with Crippen LogP contribution in [-0.4, -0.2) is 15.8 Å². The third-order valence-corrected chi connectivity index (χ3v) is 2.75. The van der Waals surface area contributed by atoms with Crippen LogP contribution in [-0.2, 0) is 0 Å². The standard InChI is InChI=1S/C14H19N3/c1-3-6-12(2)16-13-7-4-8-14(11-13)17-10-5-9-15-17/h4-5,7-12,16H,3,6H2,1-2H3. The Morgan fingerprint density at radius 3 is 2.94 bits per heavy atom. The molecule has 0 saturated heterocycles. The van der Waals surface area contributed by atoms with Gasteiger partial charge in [0, 0.05) is 24.1 Å². The lowest BCUT2D eigenvalue weighted by Crippen LogP contribution is -2.14. The summed E-state index contributed by atoms with van der Waals surface area (Å²) in [5.41, 5.74) is 2.24. The highest BCUT2D eigenvalue weighted by Crippen LogP contribution is 2.15. The van der Waals surface area contributed by atoms with Gasteiger partial charge in [-0.15, -0.1) is 0 Å². The van der Waals surface area contributed by atoms with Gasteiger partial charge in [0.25, 0.3) is 0 Å². The zero-order valence-electron chi connectivity index (χ0n) is 10.4. The van der Waals surface area contributed by atoms with Crippen LogP contribution in [0, 0.1) is 0 Å². The van der Waals surface area contributed by atoms with E-state index in [1.165, 1.54) is 12.8 Å². The third kappa shape index (κ3) is 3.09. The van der Waals surface area contributed by atoms with Gasteiger partial charge in [-0.05, 0) is 37.6 Å². The van der Waals surface area contributed by atoms with E-state index in [-0.39, 0.29) is 0 Å². The minimum Gasteiger partial charge on any atom is -0.383 e. The summed E-state index contributed by atoms with van der Waals surface area (Å²) in [4.78, 5) is 0. The van der Waals surface area contributed by atoms with Gasteiger partial charge in [-0.2, -0.15) is 5.10 Å². The molecule has 1 aromatic heterocycles. The van der Waals surface area contributed by atoms with Gasteiger partial charge in [-0.3, -0.25) is 0 Å². The molecule has 3 heteroatoms. The molecule has 0 radical (unpaired) electrons. The van der Waals surface area contributed by atoms with Crippen LogP contribution in [0.3, 0.4) is 0 Å². The van der Waals surface area contributed by atoms with E-state index < -0.39 is 0 Å². The zero-order chi connectivity index (χ0) is 12.1. The van der Waals surface area contributed by atoms with Gasteiger partial charge in [0.05, 0.1) is 5.69 Å². The van der Waals surface area contributed by atoms with E-state index in [4.69, 9.17) is 0 Å². The minimum absolute atomic E-state index is 0.507. The van der Waals surface area contributed by atoms with Crippen molar-refractivity contribution in [1.82, 2.24) is 9.78 Å². The predicted molar refractivity (Wildman–Crippen MR) is 71.6 cm³/mol. The molecule has 1 heterocycles. The number of aromatic nitrogens is 2. The summed E-state index contributed by atoms with van der Waals surface area (Å²) in [6, 6.07) is 10.8. The highest BCUT2D eigenvalue weighted by Gasteiger charge is 2.02. The van der Waals surface area contributed by atoms with Crippen molar-refractivity contribution in [3.05, 3.63) is 42.7 Å². The molecule has 17 heavy (non-hydrogen) atoms. The fourth-order valence-electron chi connectivity index (χ4n) is 1.95. The predicted octanol–water partition coefficient (Wildman–Crippen LogP) is 3.47. The Morgan fingerprint density at radius 2 is 2.24 bits per heavy atom. The molecular weight excluding hydrogens is 210 g/mol. The fraction of sp³-hybridized carbons (Fsp3) is 0.357. The summed E-state index contributed by atoms with van der Waals surface area (Å²) >= 11 is 0. The summed E-state index contributed by atoms with van der Waals surface area (Å²) in [6.45, 7) is 4.42. The second kappa shape index (κ2) is 5.53. The second-order valence-corrected chi connectivity index (χ2v) is 4.34. The van der Waals surface area contributed by atoms with Gasteiger partial charge in [-0.25, -0.2) is 4.68 Å². The van der Waals surface area contributed by atoms with Crippen LogP contribution in [0.4, 0.5) is 5.69 Å². The monoisotopic (exact) mass is 229 g/mol. The molecule has 0 amide bonds. The van der Waals surface area contributed by atoms with Crippen LogP contribution in [0.25, 0.3) is 5.69 Å². The van der Waals surface area contributed by atoms with Crippen molar-refractivity contribution in [1.29, 1.82) is 0 Å². The minimum atomic E-state index is 0.507. The Morgan fingerprint density at radius 1 is 1.35 bits per heavy atom. The number of rotatable bonds is 5. The molecule has 0 aliphatic carbocycles. The van der Waals surface area contributed by atoms with Gasteiger partial charge in [0.1, 0.15) is 0 Å². The first-order valence-corrected chi connectivity index (χ1v) is 6.16. The molecule has 3 nitrogen and oxygen atoms in total. The topological polar surface area (TPSA) is 29.9 Å². The highest BCUT2D eigenvalue weighted by atomic mass is 15.3. The Balaban J connectivity index is 2.12. The average Bonchev–Trinajstić information content (AvgIpc) is 2.83. The van der Waals surface area contributed by atoms with Gasteiger partial charge in [0.15, 0.2) is 0 Å². The molecule has 0 spiro atoms. The molecule has 1 aromatic carbocycles. The largest absolute Gasteiger partial charge is 0.383 e. The van der Waals surface area contributed by atoms with E-state index in [2.05, 4.69) is 48.5 Å². The maximum Gasteiger partial charge on any atom is 0.0666 e. The Labute approximate surface area is 102 Å². The molecule has 0 aliphatic rings. The quantitative estimate of drug-likeness (QED) is 0.850. The molecule has 2 rings (SSSR count). The van der Waals surface area contributed by atoms with Crippen molar-refractivity contribution in [2.45, 2.75) is 32.7 Å². The van der Waals surface area contributed by atoms with E-state index >= 15 is 0 Å². The summed E-state index contributed by atoms with van der Waals surface area (Å²) < 4.78 is 1.87. The number of nitrogens with zero attached hydrogens (tertiary/aromatic N) is 2. The SMILES string of the molecule is CCCC(C)Nc1cccc(-n2cccn2)c1. The van der Waals surface area contributed by atoms with Crippen LogP contribution >= 0.6 is 0 Å². The molecule has 0 fully saturated rings. The molecule has 1 unspecified atom stereocenters. The number of hydrogen-bond donors (Lipinski definition) is 1. The van der Waals surface area contributed by atoms with E-state index in [0.29, 0.717) is 6.04 Å². The van der Waals surface area contributed by atoms with Crippen LogP contribution < -0.4 is 5.32 Å². The van der Waals surface area contributed by atoms with Crippen molar-refractivity contribution in [3.63, 3.8) is 0 Å². The van der Waals surface area contributed by atoms with Crippen molar-refractivity contribution >= 4 is 5.69 Å². The van der Waals surface area contributed by atoms with E-state index in [0.717, 1.165) is 11.4 Å². The third-order valence-electron chi connectivity index (χ3n) is 2.75. The lowest BCUT2D eigenvalue weighted by molar-refractivity contribution is 0.690. The summed E-state index contributed by atoms with van der Waals surface area (Å²) in [6.07, 6.45) is 6.13. The van der Waals surface area contributed by atoms with Gasteiger partial charge >= 0.3 is 0 Å². The van der Waals surface area contributed by atoms with Crippen LogP contribution in [0.1, 0.15) is 26.7 Å². The first kappa shape index (κ1) is 11.7. The molecule has 1 N–H and O–H groups in total. The Bertz CT molecular complexity index is 448. The second-order valence-electron chi connectivity index (χ2n) is 4.34. The smallest absolute Gasteiger partial charge is 0.0666 e. The molecule has 2 aromatic rings. The normalized spacial score (nSPS) is 12.4. The van der Waals surface area contributed by atoms with E-state index in [1.54, 1.807) is 6.20 Å². The van der Waals surface area contributed by atoms with Crippen molar-refractivity contribution in [3.8, 4) is 5.69 Å². The number of hydrogen-bond acceptors (Lipinski definition) is 2. The van der Waals surface area contributed by atoms with Gasteiger partial charge < -0.3 is 5.32 Å². The zero-order valence-corrected chi connectivity index (χ0v) is 10.4. The Hall–Kier alpha value is -1.77. The van der Waals surface area contributed by atoms with Crippen molar-refractivity contribution in [2.75, 3.05) is 5.32 Å². The lowest BCUT2D eigenvalue weighted by atomic mass is 10.2. The van der Waals surface area contributed by atoms with Crippen LogP contribution in [0.2, 0.25) is 0 Å². The van der Waals surface area contributed by atoms with Crippen LogP contribution in [0.5, 0.6) is 0 Å². The maximum absolute atomic E-state index is 4.23. The first-order valence-electron chi connectivity index (χ1n) is 6.16. The van der Waals surface area contributed by atoms with Crippen LogP contribution in [0.15, 0.2) is 42.7 Å². The fourth-order valence-corrected chi connectivity index (χ4v) is 1.95. The highest BCUT2D eigenvalue weighted by molar-refractivity contribution is 5.51. The van der Waals surface area contributed by atoms with Gasteiger partial charge in [-0.1, -0.05) is 19.4 Å². The Kier molecular flexibility index (Phi) is 3.81. The summed E-state index contributed by atoms with van der Waals surface area (Å²) in [5.74, 6) is 0. The maximum atomic E-state index is 4.23. The van der Waals surface area contributed by atoms with Gasteiger partial charge in [0.2, 0.25) is 0 Å². The molecular formula is C14H19N3. The number of benzene rings is 1.